The first kappa shape index (κ1) is 17.2. The Bertz CT molecular complexity index is 664. The summed E-state index contributed by atoms with van der Waals surface area (Å²) >= 11 is 3.32. The summed E-state index contributed by atoms with van der Waals surface area (Å²) in [6.45, 7) is 0.506. The second-order valence-corrected chi connectivity index (χ2v) is 8.37. The van der Waals surface area contributed by atoms with E-state index >= 15 is 0 Å². The quantitative estimate of drug-likeness (QED) is 0.602. The van der Waals surface area contributed by atoms with Crippen molar-refractivity contribution in [3.05, 3.63) is 34.1 Å². The highest BCUT2D eigenvalue weighted by Gasteiger charge is 2.28. The summed E-state index contributed by atoms with van der Waals surface area (Å²) in [4.78, 5) is 4.07. The Morgan fingerprint density at radius 2 is 2.27 bits per heavy atom. The molecule has 122 valence electrons. The molecule has 8 heteroatoms. The summed E-state index contributed by atoms with van der Waals surface area (Å²) < 4.78 is 37.3. The van der Waals surface area contributed by atoms with Gasteiger partial charge in [0.25, 0.3) is 0 Å². The normalized spacial score (nSPS) is 20.9. The van der Waals surface area contributed by atoms with Crippen molar-refractivity contribution >= 4 is 31.7 Å². The van der Waals surface area contributed by atoms with Crippen LogP contribution in [0.4, 0.5) is 4.39 Å². The molecule has 1 saturated heterocycles. The van der Waals surface area contributed by atoms with E-state index in [1.807, 2.05) is 0 Å². The van der Waals surface area contributed by atoms with Crippen molar-refractivity contribution in [2.45, 2.75) is 18.9 Å². The standard InChI is InChI=1S/C14H19BrFN3O2S/c1-17-14(19-12-5-7-22(20,21)9-12)18-6-4-10-8-11(15)2-3-13(10)16/h2-3,8,12H,4-7,9H2,1H3,(H2,17,18,19). The molecule has 1 aliphatic heterocycles. The van der Waals surface area contributed by atoms with Gasteiger partial charge in [-0.2, -0.15) is 0 Å². The molecule has 1 aromatic carbocycles. The smallest absolute Gasteiger partial charge is 0.191 e. The Morgan fingerprint density at radius 3 is 2.91 bits per heavy atom. The molecule has 0 bridgehead atoms. The van der Waals surface area contributed by atoms with Gasteiger partial charge in [0, 0.05) is 24.1 Å². The number of aliphatic imine (C=N–C) groups is 1. The van der Waals surface area contributed by atoms with Crippen LogP contribution >= 0.6 is 15.9 Å². The Hall–Kier alpha value is -1.15. The van der Waals surface area contributed by atoms with Crippen LogP contribution in [-0.2, 0) is 16.3 Å². The first-order valence-corrected chi connectivity index (χ1v) is 9.62. The van der Waals surface area contributed by atoms with E-state index in [9.17, 15) is 12.8 Å². The maximum absolute atomic E-state index is 13.6. The maximum Gasteiger partial charge on any atom is 0.191 e. The van der Waals surface area contributed by atoms with Gasteiger partial charge in [-0.3, -0.25) is 4.99 Å². The van der Waals surface area contributed by atoms with E-state index in [1.165, 1.54) is 6.07 Å². The van der Waals surface area contributed by atoms with E-state index in [0.717, 1.165) is 4.47 Å². The summed E-state index contributed by atoms with van der Waals surface area (Å²) in [5.41, 5.74) is 0.612. The van der Waals surface area contributed by atoms with Gasteiger partial charge in [-0.25, -0.2) is 12.8 Å². The third-order valence-electron chi connectivity index (χ3n) is 3.49. The predicted molar refractivity (Wildman–Crippen MR) is 89.4 cm³/mol. The molecule has 1 aliphatic rings. The Morgan fingerprint density at radius 1 is 1.50 bits per heavy atom. The molecule has 0 saturated carbocycles. The molecule has 0 aliphatic carbocycles. The third kappa shape index (κ3) is 4.95. The Labute approximate surface area is 138 Å². The van der Waals surface area contributed by atoms with Crippen LogP contribution in [0.15, 0.2) is 27.7 Å². The van der Waals surface area contributed by atoms with Gasteiger partial charge >= 0.3 is 0 Å². The third-order valence-corrected chi connectivity index (χ3v) is 5.75. The van der Waals surface area contributed by atoms with Crippen molar-refractivity contribution < 1.29 is 12.8 Å². The highest BCUT2D eigenvalue weighted by atomic mass is 79.9. The van der Waals surface area contributed by atoms with Gasteiger partial charge in [0.1, 0.15) is 5.82 Å². The number of halogens is 2. The summed E-state index contributed by atoms with van der Waals surface area (Å²) in [7, 11) is -1.30. The van der Waals surface area contributed by atoms with Crippen LogP contribution in [0, 0.1) is 5.82 Å². The van der Waals surface area contributed by atoms with Crippen LogP contribution in [0.5, 0.6) is 0 Å². The number of nitrogens with zero attached hydrogens (tertiary/aromatic N) is 1. The van der Waals surface area contributed by atoms with E-state index in [2.05, 4.69) is 31.6 Å². The lowest BCUT2D eigenvalue weighted by Crippen LogP contribution is -2.44. The summed E-state index contributed by atoms with van der Waals surface area (Å²) in [5, 5.41) is 6.17. The first-order chi connectivity index (χ1) is 10.4. The van der Waals surface area contributed by atoms with Crippen molar-refractivity contribution in [3.63, 3.8) is 0 Å². The van der Waals surface area contributed by atoms with Crippen LogP contribution < -0.4 is 10.6 Å². The van der Waals surface area contributed by atoms with Crippen LogP contribution in [0.25, 0.3) is 0 Å². The molecule has 0 radical (unpaired) electrons. The van der Waals surface area contributed by atoms with Crippen molar-refractivity contribution in [2.24, 2.45) is 4.99 Å². The maximum atomic E-state index is 13.6. The number of sulfone groups is 1. The largest absolute Gasteiger partial charge is 0.356 e. The van der Waals surface area contributed by atoms with Gasteiger partial charge < -0.3 is 10.6 Å². The SMILES string of the molecule is CN=C(NCCc1cc(Br)ccc1F)NC1CCS(=O)(=O)C1. The minimum absolute atomic E-state index is 0.112. The highest BCUT2D eigenvalue weighted by molar-refractivity contribution is 9.10. The fraction of sp³-hybridized carbons (Fsp3) is 0.500. The molecule has 1 aromatic rings. The topological polar surface area (TPSA) is 70.6 Å². The second-order valence-electron chi connectivity index (χ2n) is 5.23. The van der Waals surface area contributed by atoms with Gasteiger partial charge in [-0.05, 0) is 36.6 Å². The zero-order valence-electron chi connectivity index (χ0n) is 12.3. The van der Waals surface area contributed by atoms with Gasteiger partial charge in [-0.15, -0.1) is 0 Å². The minimum Gasteiger partial charge on any atom is -0.356 e. The van der Waals surface area contributed by atoms with Gasteiger partial charge in [0.05, 0.1) is 11.5 Å². The molecule has 1 fully saturated rings. The summed E-state index contributed by atoms with van der Waals surface area (Å²) in [6, 6.07) is 4.72. The van der Waals surface area contributed by atoms with Crippen LogP contribution in [0.1, 0.15) is 12.0 Å². The molecule has 0 spiro atoms. The van der Waals surface area contributed by atoms with Crippen LogP contribution in [0.2, 0.25) is 0 Å². The lowest BCUT2D eigenvalue weighted by molar-refractivity contribution is 0.598. The van der Waals surface area contributed by atoms with E-state index in [0.29, 0.717) is 30.9 Å². The van der Waals surface area contributed by atoms with E-state index in [4.69, 9.17) is 0 Å². The first-order valence-electron chi connectivity index (χ1n) is 7.01. The van der Waals surface area contributed by atoms with Crippen LogP contribution in [0.3, 0.4) is 0 Å². The molecule has 5 nitrogen and oxygen atoms in total. The monoisotopic (exact) mass is 391 g/mol. The fourth-order valence-corrected chi connectivity index (χ4v) is 4.43. The predicted octanol–water partition coefficient (Wildman–Crippen LogP) is 1.48. The van der Waals surface area contributed by atoms with Gasteiger partial charge in [0.15, 0.2) is 15.8 Å². The van der Waals surface area contributed by atoms with Crippen LogP contribution in [-0.4, -0.2) is 45.5 Å². The molecular formula is C14H19BrFN3O2S. The lowest BCUT2D eigenvalue weighted by Gasteiger charge is -2.16. The molecule has 1 unspecified atom stereocenters. The number of benzene rings is 1. The molecular weight excluding hydrogens is 373 g/mol. The van der Waals surface area contributed by atoms with Gasteiger partial charge in [0.2, 0.25) is 0 Å². The average Bonchev–Trinajstić information content (AvgIpc) is 2.80. The number of rotatable bonds is 4. The lowest BCUT2D eigenvalue weighted by atomic mass is 10.1. The number of hydrogen-bond acceptors (Lipinski definition) is 3. The number of nitrogens with one attached hydrogen (secondary N) is 2. The van der Waals surface area contributed by atoms with Gasteiger partial charge in [-0.1, -0.05) is 15.9 Å². The highest BCUT2D eigenvalue weighted by Crippen LogP contribution is 2.15. The zero-order valence-corrected chi connectivity index (χ0v) is 14.7. The molecule has 1 atom stereocenters. The molecule has 2 N–H and O–H groups in total. The molecule has 22 heavy (non-hydrogen) atoms. The number of hydrogen-bond donors (Lipinski definition) is 2. The van der Waals surface area contributed by atoms with Crippen molar-refractivity contribution in [1.29, 1.82) is 0 Å². The van der Waals surface area contributed by atoms with Crippen molar-refractivity contribution in [2.75, 3.05) is 25.1 Å². The molecule has 0 aromatic heterocycles. The number of guanidine groups is 1. The molecule has 2 rings (SSSR count). The second kappa shape index (κ2) is 7.41. The van der Waals surface area contributed by atoms with E-state index in [-0.39, 0.29) is 23.4 Å². The summed E-state index contributed by atoms with van der Waals surface area (Å²) in [5.74, 6) is 0.645. The Balaban J connectivity index is 1.83. The average molecular weight is 392 g/mol. The molecule has 1 heterocycles. The fourth-order valence-electron chi connectivity index (χ4n) is 2.35. The summed E-state index contributed by atoms with van der Waals surface area (Å²) in [6.07, 6.45) is 1.10. The Kier molecular flexibility index (Phi) is 5.80. The van der Waals surface area contributed by atoms with Crippen molar-refractivity contribution in [1.82, 2.24) is 10.6 Å². The van der Waals surface area contributed by atoms with Crippen molar-refractivity contribution in [3.8, 4) is 0 Å². The van der Waals surface area contributed by atoms with E-state index < -0.39 is 9.84 Å². The zero-order chi connectivity index (χ0) is 16.2. The minimum atomic E-state index is -2.92. The van der Waals surface area contributed by atoms with E-state index in [1.54, 1.807) is 19.2 Å². The molecule has 0 amide bonds.